The molecule has 4 nitrogen and oxygen atoms in total. The van der Waals surface area contributed by atoms with Gasteiger partial charge in [-0.2, -0.15) is 0 Å². The highest BCUT2D eigenvalue weighted by molar-refractivity contribution is 5.78. The summed E-state index contributed by atoms with van der Waals surface area (Å²) in [6, 6.07) is 17.4. The van der Waals surface area contributed by atoms with E-state index in [-0.39, 0.29) is 18.4 Å². The first kappa shape index (κ1) is 17.0. The van der Waals surface area contributed by atoms with Crippen LogP contribution in [0.15, 0.2) is 54.6 Å². The van der Waals surface area contributed by atoms with E-state index in [0.29, 0.717) is 19.4 Å². The van der Waals surface area contributed by atoms with Crippen LogP contribution in [0.2, 0.25) is 0 Å². The summed E-state index contributed by atoms with van der Waals surface area (Å²) in [7, 11) is 1.62. The molecule has 2 rings (SSSR count). The van der Waals surface area contributed by atoms with E-state index in [9.17, 15) is 9.90 Å². The number of ether oxygens (including phenoxy) is 1. The Morgan fingerprint density at radius 1 is 1.13 bits per heavy atom. The first-order valence-electron chi connectivity index (χ1n) is 7.78. The lowest BCUT2D eigenvalue weighted by Crippen LogP contribution is -2.30. The first-order valence-corrected chi connectivity index (χ1v) is 7.78. The van der Waals surface area contributed by atoms with Gasteiger partial charge in [-0.1, -0.05) is 42.5 Å². The Morgan fingerprint density at radius 3 is 2.43 bits per heavy atom. The monoisotopic (exact) mass is 313 g/mol. The molecule has 2 aromatic carbocycles. The predicted octanol–water partition coefficient (Wildman–Crippen LogP) is 2.52. The molecule has 0 spiro atoms. The molecule has 1 amide bonds. The van der Waals surface area contributed by atoms with Gasteiger partial charge in [-0.25, -0.2) is 0 Å². The molecule has 0 aliphatic rings. The lowest BCUT2D eigenvalue weighted by atomic mass is 9.96. The minimum atomic E-state index is -0.0194. The van der Waals surface area contributed by atoms with Crippen LogP contribution in [0.5, 0.6) is 5.75 Å². The molecule has 0 aliphatic carbocycles. The molecule has 1 atom stereocenters. The van der Waals surface area contributed by atoms with Crippen LogP contribution in [0, 0.1) is 0 Å². The third kappa shape index (κ3) is 5.42. The van der Waals surface area contributed by atoms with Gasteiger partial charge >= 0.3 is 0 Å². The van der Waals surface area contributed by atoms with Gasteiger partial charge in [0.2, 0.25) is 5.91 Å². The fourth-order valence-corrected chi connectivity index (χ4v) is 2.50. The van der Waals surface area contributed by atoms with Crippen LogP contribution in [-0.2, 0) is 11.2 Å². The second-order valence-electron chi connectivity index (χ2n) is 5.45. The van der Waals surface area contributed by atoms with E-state index in [2.05, 4.69) is 5.32 Å². The first-order chi connectivity index (χ1) is 11.2. The summed E-state index contributed by atoms with van der Waals surface area (Å²) in [4.78, 5) is 12.1. The number of rotatable bonds is 8. The predicted molar refractivity (Wildman–Crippen MR) is 90.6 cm³/mol. The lowest BCUT2D eigenvalue weighted by molar-refractivity contribution is -0.120. The number of carbonyl (C=O) groups is 1. The number of hydrogen-bond acceptors (Lipinski definition) is 3. The van der Waals surface area contributed by atoms with Crippen molar-refractivity contribution >= 4 is 5.91 Å². The number of methoxy groups -OCH3 is 1. The van der Waals surface area contributed by atoms with Gasteiger partial charge in [-0.05, 0) is 29.7 Å². The number of aliphatic hydroxyl groups excluding tert-OH is 1. The molecule has 0 heterocycles. The van der Waals surface area contributed by atoms with E-state index >= 15 is 0 Å². The zero-order chi connectivity index (χ0) is 16.5. The maximum atomic E-state index is 12.1. The quantitative estimate of drug-likeness (QED) is 0.787. The largest absolute Gasteiger partial charge is 0.497 e. The van der Waals surface area contributed by atoms with E-state index in [1.807, 2.05) is 54.6 Å². The Kier molecular flexibility index (Phi) is 6.63. The van der Waals surface area contributed by atoms with Crippen molar-refractivity contribution in [1.29, 1.82) is 0 Å². The molecule has 0 fully saturated rings. The van der Waals surface area contributed by atoms with Gasteiger partial charge in [0.05, 0.1) is 13.5 Å². The number of aliphatic hydroxyl groups is 1. The molecule has 0 saturated carbocycles. The second kappa shape index (κ2) is 8.96. The molecule has 0 aliphatic heterocycles. The highest BCUT2D eigenvalue weighted by Gasteiger charge is 2.12. The number of nitrogens with one attached hydrogen (secondary N) is 1. The summed E-state index contributed by atoms with van der Waals surface area (Å²) < 4.78 is 5.10. The molecule has 0 aromatic heterocycles. The molecule has 2 N–H and O–H groups in total. The van der Waals surface area contributed by atoms with E-state index in [1.54, 1.807) is 7.11 Å². The maximum Gasteiger partial charge on any atom is 0.224 e. The minimum Gasteiger partial charge on any atom is -0.497 e. The maximum absolute atomic E-state index is 12.1. The zero-order valence-corrected chi connectivity index (χ0v) is 13.4. The minimum absolute atomic E-state index is 0.0194. The van der Waals surface area contributed by atoms with Crippen LogP contribution < -0.4 is 10.1 Å². The van der Waals surface area contributed by atoms with Gasteiger partial charge in [0, 0.05) is 19.1 Å². The Hall–Kier alpha value is -2.33. The Morgan fingerprint density at radius 2 is 1.83 bits per heavy atom. The van der Waals surface area contributed by atoms with Gasteiger partial charge in [0.1, 0.15) is 5.75 Å². The average Bonchev–Trinajstić information content (AvgIpc) is 2.60. The van der Waals surface area contributed by atoms with Crippen molar-refractivity contribution in [2.24, 2.45) is 0 Å². The summed E-state index contributed by atoms with van der Waals surface area (Å²) >= 11 is 0. The SMILES string of the molecule is COc1ccc(CC(=O)NCC(CCO)c2ccccc2)cc1. The van der Waals surface area contributed by atoms with E-state index in [4.69, 9.17) is 4.74 Å². The standard InChI is InChI=1S/C19H23NO3/c1-23-18-9-7-15(8-10-18)13-19(22)20-14-17(11-12-21)16-5-3-2-4-6-16/h2-10,17,21H,11-14H2,1H3,(H,20,22). The smallest absolute Gasteiger partial charge is 0.224 e. The highest BCUT2D eigenvalue weighted by atomic mass is 16.5. The normalized spacial score (nSPS) is 11.7. The number of hydrogen-bond donors (Lipinski definition) is 2. The highest BCUT2D eigenvalue weighted by Crippen LogP contribution is 2.18. The molecular weight excluding hydrogens is 290 g/mol. The van der Waals surface area contributed by atoms with Crippen LogP contribution in [-0.4, -0.2) is 31.3 Å². The van der Waals surface area contributed by atoms with Crippen molar-refractivity contribution in [2.75, 3.05) is 20.3 Å². The molecule has 2 aromatic rings. The summed E-state index contributed by atoms with van der Waals surface area (Å²) in [5.41, 5.74) is 2.08. The zero-order valence-electron chi connectivity index (χ0n) is 13.4. The fraction of sp³-hybridized carbons (Fsp3) is 0.316. The molecular formula is C19H23NO3. The Balaban J connectivity index is 1.88. The molecule has 1 unspecified atom stereocenters. The van der Waals surface area contributed by atoms with Crippen molar-refractivity contribution in [3.05, 3.63) is 65.7 Å². The van der Waals surface area contributed by atoms with Gasteiger partial charge in [0.15, 0.2) is 0 Å². The summed E-state index contributed by atoms with van der Waals surface area (Å²) in [6.07, 6.45) is 0.970. The van der Waals surface area contributed by atoms with Gasteiger partial charge in [-0.3, -0.25) is 4.79 Å². The van der Waals surface area contributed by atoms with E-state index < -0.39 is 0 Å². The molecule has 4 heteroatoms. The number of amides is 1. The van der Waals surface area contributed by atoms with Gasteiger partial charge in [0.25, 0.3) is 0 Å². The molecule has 23 heavy (non-hydrogen) atoms. The molecule has 0 radical (unpaired) electrons. The van der Waals surface area contributed by atoms with Crippen molar-refractivity contribution < 1.29 is 14.6 Å². The summed E-state index contributed by atoms with van der Waals surface area (Å²) in [6.45, 7) is 0.632. The third-order valence-electron chi connectivity index (χ3n) is 3.82. The summed E-state index contributed by atoms with van der Waals surface area (Å²) in [5.74, 6) is 0.885. The van der Waals surface area contributed by atoms with Crippen molar-refractivity contribution in [1.82, 2.24) is 5.32 Å². The van der Waals surface area contributed by atoms with E-state index in [0.717, 1.165) is 16.9 Å². The van der Waals surface area contributed by atoms with Crippen LogP contribution in [0.4, 0.5) is 0 Å². The van der Waals surface area contributed by atoms with Crippen molar-refractivity contribution in [3.8, 4) is 5.75 Å². The second-order valence-corrected chi connectivity index (χ2v) is 5.45. The van der Waals surface area contributed by atoms with Crippen LogP contribution >= 0.6 is 0 Å². The number of benzene rings is 2. The van der Waals surface area contributed by atoms with Gasteiger partial charge in [-0.15, -0.1) is 0 Å². The van der Waals surface area contributed by atoms with Crippen LogP contribution in [0.25, 0.3) is 0 Å². The average molecular weight is 313 g/mol. The topological polar surface area (TPSA) is 58.6 Å². The van der Waals surface area contributed by atoms with E-state index in [1.165, 1.54) is 0 Å². The molecule has 122 valence electrons. The van der Waals surface area contributed by atoms with Crippen molar-refractivity contribution in [3.63, 3.8) is 0 Å². The van der Waals surface area contributed by atoms with Gasteiger partial charge < -0.3 is 15.2 Å². The Labute approximate surface area is 137 Å². The number of carbonyl (C=O) groups excluding carboxylic acids is 1. The molecule has 0 saturated heterocycles. The van der Waals surface area contributed by atoms with Crippen LogP contribution in [0.3, 0.4) is 0 Å². The third-order valence-corrected chi connectivity index (χ3v) is 3.82. The molecule has 0 bridgehead atoms. The summed E-state index contributed by atoms with van der Waals surface area (Å²) in [5, 5.41) is 12.2. The Bertz CT molecular complexity index is 596. The lowest BCUT2D eigenvalue weighted by Gasteiger charge is -2.17. The van der Waals surface area contributed by atoms with Crippen molar-refractivity contribution in [2.45, 2.75) is 18.8 Å². The van der Waals surface area contributed by atoms with Crippen LogP contribution in [0.1, 0.15) is 23.5 Å². The fourth-order valence-electron chi connectivity index (χ4n) is 2.50.